The fourth-order valence-corrected chi connectivity index (χ4v) is 12.3. The minimum absolute atomic E-state index is 0.00985. The number of carbonyl (C=O) groups is 2. The number of aliphatic carboxylic acids is 2. The van der Waals surface area contributed by atoms with Crippen molar-refractivity contribution >= 4 is 33.1 Å². The summed E-state index contributed by atoms with van der Waals surface area (Å²) in [5.41, 5.74) is 0.648. The average molecular weight is 950 g/mol. The van der Waals surface area contributed by atoms with Gasteiger partial charge in [0.05, 0.1) is 0 Å². The Morgan fingerprint density at radius 2 is 0.689 bits per heavy atom. The second-order valence-corrected chi connectivity index (χ2v) is 22.8. The molecular weight excluding hydrogens is 855 g/mol. The molecule has 0 aliphatic rings. The van der Waals surface area contributed by atoms with Crippen LogP contribution >= 0.6 is 0 Å². The number of hydrogen-bond donors (Lipinski definition) is 0. The molecule has 0 spiro atoms. The second-order valence-electron chi connectivity index (χ2n) is 18.5. The number of hydrogen-bond acceptors (Lipinski definition) is 4. The van der Waals surface area contributed by atoms with E-state index in [1.54, 1.807) is 21.7 Å². The molecule has 4 nitrogen and oxygen atoms in total. The van der Waals surface area contributed by atoms with E-state index in [-0.39, 0.29) is 40.4 Å². The molecule has 2 rings (SSSR count). The van der Waals surface area contributed by atoms with Crippen LogP contribution in [0.4, 0.5) is 0 Å². The molecule has 0 aliphatic carbocycles. The van der Waals surface area contributed by atoms with Gasteiger partial charge >= 0.3 is 171 Å². The van der Waals surface area contributed by atoms with Gasteiger partial charge in [0, 0.05) is 17.4 Å². The number of unbranched alkanes of at least 4 members (excludes halogenated alkanes) is 30. The quantitative estimate of drug-likeness (QED) is 0.0490. The van der Waals surface area contributed by atoms with E-state index in [1.165, 1.54) is 193 Å². The van der Waals surface area contributed by atoms with E-state index in [0.29, 0.717) is 12.8 Å². The van der Waals surface area contributed by atoms with Gasteiger partial charge in [-0.1, -0.05) is 139 Å². The smallest absolute Gasteiger partial charge is 0.550 e. The molecular formula is C56H94O4Sn. The third-order valence-electron chi connectivity index (χ3n) is 12.7. The summed E-state index contributed by atoms with van der Waals surface area (Å²) >= 11 is 0.00985. The predicted molar refractivity (Wildman–Crippen MR) is 261 cm³/mol. The fraction of sp³-hybridized carbons (Fsp3) is 0.750. The molecule has 0 unspecified atom stereocenters. The zero-order chi connectivity index (χ0) is 44.2. The number of benzene rings is 2. The Labute approximate surface area is 388 Å². The molecule has 61 heavy (non-hydrogen) atoms. The van der Waals surface area contributed by atoms with E-state index >= 15 is 0 Å². The Kier molecular flexibility index (Phi) is 40.7. The second kappa shape index (κ2) is 43.4. The molecule has 346 valence electrons. The Hall–Kier alpha value is -1.82. The van der Waals surface area contributed by atoms with Crippen LogP contribution in [0.1, 0.15) is 250 Å². The first-order valence-corrected chi connectivity index (χ1v) is 30.2. The van der Waals surface area contributed by atoms with E-state index in [4.69, 9.17) is 0 Å². The van der Waals surface area contributed by atoms with Crippen molar-refractivity contribution in [3.63, 3.8) is 0 Å². The summed E-state index contributed by atoms with van der Waals surface area (Å²) in [4.78, 5) is 22.7. The summed E-state index contributed by atoms with van der Waals surface area (Å²) in [5, 5.41) is 22.7. The monoisotopic (exact) mass is 951 g/mol. The van der Waals surface area contributed by atoms with Crippen molar-refractivity contribution in [2.75, 3.05) is 0 Å². The van der Waals surface area contributed by atoms with E-state index in [0.717, 1.165) is 11.1 Å². The fourth-order valence-electron chi connectivity index (χ4n) is 8.75. The van der Waals surface area contributed by atoms with Crippen LogP contribution in [0.15, 0.2) is 60.7 Å². The Morgan fingerprint density at radius 1 is 0.410 bits per heavy atom. The Morgan fingerprint density at radius 3 is 0.951 bits per heavy atom. The number of carboxylic acid groups (broad SMARTS) is 2. The van der Waals surface area contributed by atoms with Crippen molar-refractivity contribution < 1.29 is 19.8 Å². The van der Waals surface area contributed by atoms with Crippen LogP contribution in [-0.4, -0.2) is 33.1 Å². The van der Waals surface area contributed by atoms with E-state index < -0.39 is 17.4 Å². The van der Waals surface area contributed by atoms with Gasteiger partial charge in [-0.2, -0.15) is 0 Å². The predicted octanol–water partition coefficient (Wildman–Crippen LogP) is 15.2. The van der Waals surface area contributed by atoms with Crippen LogP contribution in [0.25, 0.3) is 0 Å². The van der Waals surface area contributed by atoms with Crippen LogP contribution in [0, 0.1) is 5.41 Å². The molecule has 0 saturated carbocycles. The summed E-state index contributed by atoms with van der Waals surface area (Å²) in [6.07, 6.45) is 48.8. The van der Waals surface area contributed by atoms with Gasteiger partial charge in [0.15, 0.2) is 0 Å². The first kappa shape index (κ1) is 57.2. The third-order valence-corrected chi connectivity index (χ3v) is 16.7. The van der Waals surface area contributed by atoms with Crippen molar-refractivity contribution in [1.82, 2.24) is 0 Å². The Bertz CT molecular complexity index is 1140. The maximum atomic E-state index is 12.0. The summed E-state index contributed by atoms with van der Waals surface area (Å²) in [6.45, 7) is 4.62. The molecule has 5 heteroatoms. The SMILES string of the molecule is CCCCCCCCCCCCCCCCC[CH2][Sn+2][CH2]CCCCCCCCCCCCCCCCC.O=C([O-])CCCC(Cc1ccccc1)(Cc1ccccc1)C(=O)[O-]. The van der Waals surface area contributed by atoms with Crippen molar-refractivity contribution in [2.45, 2.75) is 260 Å². The first-order valence-electron chi connectivity index (χ1n) is 26.1. The summed E-state index contributed by atoms with van der Waals surface area (Å²) in [5.74, 6) is -2.31. The Balaban J connectivity index is 0.000000664. The van der Waals surface area contributed by atoms with Crippen molar-refractivity contribution in [1.29, 1.82) is 0 Å². The van der Waals surface area contributed by atoms with E-state index in [1.807, 2.05) is 60.7 Å². The third kappa shape index (κ3) is 36.2. The number of rotatable bonds is 43. The van der Waals surface area contributed by atoms with Gasteiger partial charge in [0.2, 0.25) is 0 Å². The molecule has 0 aromatic heterocycles. The normalized spacial score (nSPS) is 11.2. The van der Waals surface area contributed by atoms with E-state index in [9.17, 15) is 19.8 Å². The van der Waals surface area contributed by atoms with Crippen LogP contribution in [0.2, 0.25) is 8.87 Å². The van der Waals surface area contributed by atoms with Crippen LogP contribution < -0.4 is 10.2 Å². The van der Waals surface area contributed by atoms with Gasteiger partial charge in [0.1, 0.15) is 0 Å². The van der Waals surface area contributed by atoms with Gasteiger partial charge < -0.3 is 19.8 Å². The number of carboxylic acids is 2. The van der Waals surface area contributed by atoms with Crippen LogP contribution in [-0.2, 0) is 22.4 Å². The molecule has 0 amide bonds. The average Bonchev–Trinajstić information content (AvgIpc) is 3.26. The summed E-state index contributed by atoms with van der Waals surface area (Å²) in [6, 6.07) is 18.7. The molecule has 2 aromatic rings. The van der Waals surface area contributed by atoms with Gasteiger partial charge in [-0.25, -0.2) is 0 Å². The van der Waals surface area contributed by atoms with Crippen molar-refractivity contribution in [3.05, 3.63) is 71.8 Å². The molecule has 0 fully saturated rings. The van der Waals surface area contributed by atoms with Gasteiger partial charge in [-0.15, -0.1) is 0 Å². The van der Waals surface area contributed by atoms with Crippen LogP contribution in [0.3, 0.4) is 0 Å². The maximum absolute atomic E-state index is 12.0. The minimum Gasteiger partial charge on any atom is -0.550 e. The number of carbonyl (C=O) groups excluding carboxylic acids is 2. The molecule has 0 bridgehead atoms. The molecule has 0 N–H and O–H groups in total. The van der Waals surface area contributed by atoms with Crippen molar-refractivity contribution in [3.8, 4) is 0 Å². The van der Waals surface area contributed by atoms with Gasteiger partial charge in [0.25, 0.3) is 0 Å². The van der Waals surface area contributed by atoms with Crippen molar-refractivity contribution in [2.24, 2.45) is 5.41 Å². The minimum atomic E-state index is -1.17. The molecule has 0 atom stereocenters. The van der Waals surface area contributed by atoms with Gasteiger partial charge in [-0.05, 0) is 43.2 Å². The molecule has 0 radical (unpaired) electrons. The zero-order valence-corrected chi connectivity index (χ0v) is 42.8. The van der Waals surface area contributed by atoms with E-state index in [2.05, 4.69) is 13.8 Å². The zero-order valence-electron chi connectivity index (χ0n) is 40.0. The molecule has 0 aliphatic heterocycles. The molecule has 0 heterocycles. The van der Waals surface area contributed by atoms with Crippen LogP contribution in [0.5, 0.6) is 0 Å². The topological polar surface area (TPSA) is 80.3 Å². The standard InChI is InChI=1S/C20H22O4.2C18H37.Sn/c21-18(22)12-7-13-20(19(23)24,14-16-8-3-1-4-9-16)15-17-10-5-2-6-11-17;2*1-3-5-7-9-11-13-15-17-18-16-14-12-10-8-6-4-2;/h1-6,8-11H,7,12-15H2,(H,21,22)(H,23,24);2*1,3-18H2,2H3;/q;;;+2/p-2. The van der Waals surface area contributed by atoms with Gasteiger partial charge in [-0.3, -0.25) is 0 Å². The summed E-state index contributed by atoms with van der Waals surface area (Å²) < 4.78 is 3.33. The molecule has 0 saturated heterocycles. The summed E-state index contributed by atoms with van der Waals surface area (Å²) in [7, 11) is 0. The first-order chi connectivity index (χ1) is 29.9. The molecule has 2 aromatic carbocycles.